The number of esters is 1. The molecule has 0 saturated heterocycles. The maximum absolute atomic E-state index is 11.8. The van der Waals surface area contributed by atoms with Crippen molar-refractivity contribution in [2.24, 2.45) is 0 Å². The lowest BCUT2D eigenvalue weighted by Gasteiger charge is -2.11. The van der Waals surface area contributed by atoms with Crippen LogP contribution in [0, 0.1) is 0 Å². The van der Waals surface area contributed by atoms with Gasteiger partial charge in [0.25, 0.3) is 0 Å². The van der Waals surface area contributed by atoms with Gasteiger partial charge in [0.15, 0.2) is 6.61 Å². The molecule has 0 unspecified atom stereocenters. The first kappa shape index (κ1) is 18.0. The highest BCUT2D eigenvalue weighted by Crippen LogP contribution is 2.29. The second kappa shape index (κ2) is 10.4. The van der Waals surface area contributed by atoms with E-state index in [0.717, 1.165) is 24.0 Å². The molecular formula is C20H24O4. The van der Waals surface area contributed by atoms with E-state index in [1.165, 1.54) is 0 Å². The Morgan fingerprint density at radius 3 is 2.46 bits per heavy atom. The lowest BCUT2D eigenvalue weighted by molar-refractivity contribution is -0.147. The quantitative estimate of drug-likeness (QED) is 0.487. The van der Waals surface area contributed by atoms with Gasteiger partial charge in [0, 0.05) is 12.2 Å². The van der Waals surface area contributed by atoms with Gasteiger partial charge in [-0.15, -0.1) is 0 Å². The average Bonchev–Trinajstić information content (AvgIpc) is 2.64. The van der Waals surface area contributed by atoms with E-state index in [9.17, 15) is 4.79 Å². The maximum atomic E-state index is 11.8. The summed E-state index contributed by atoms with van der Waals surface area (Å²) >= 11 is 0. The van der Waals surface area contributed by atoms with Crippen LogP contribution in [-0.2, 0) is 14.3 Å². The van der Waals surface area contributed by atoms with E-state index in [-0.39, 0.29) is 13.2 Å². The summed E-state index contributed by atoms with van der Waals surface area (Å²) in [5, 5.41) is 0. The Labute approximate surface area is 143 Å². The van der Waals surface area contributed by atoms with Gasteiger partial charge < -0.3 is 14.2 Å². The second-order valence-electron chi connectivity index (χ2n) is 5.34. The van der Waals surface area contributed by atoms with Crippen molar-refractivity contribution in [2.45, 2.75) is 19.8 Å². The Morgan fingerprint density at radius 1 is 0.917 bits per heavy atom. The Bertz CT molecular complexity index is 610. The Balaban J connectivity index is 1.79. The SMILES string of the molecule is CCCCOCCOC(=O)COc1ccccc1-c1ccccc1. The predicted molar refractivity (Wildman–Crippen MR) is 94.1 cm³/mol. The zero-order chi connectivity index (χ0) is 17.0. The van der Waals surface area contributed by atoms with Crippen molar-refractivity contribution >= 4 is 5.97 Å². The van der Waals surface area contributed by atoms with Gasteiger partial charge in [-0.05, 0) is 18.1 Å². The fourth-order valence-corrected chi connectivity index (χ4v) is 2.19. The number of hydrogen-bond acceptors (Lipinski definition) is 4. The van der Waals surface area contributed by atoms with Crippen LogP contribution in [0.5, 0.6) is 5.75 Å². The number of hydrogen-bond donors (Lipinski definition) is 0. The van der Waals surface area contributed by atoms with Gasteiger partial charge in [-0.3, -0.25) is 0 Å². The first-order chi connectivity index (χ1) is 11.8. The third-order valence-electron chi connectivity index (χ3n) is 3.45. The summed E-state index contributed by atoms with van der Waals surface area (Å²) in [7, 11) is 0. The minimum absolute atomic E-state index is 0.112. The summed E-state index contributed by atoms with van der Waals surface area (Å²) in [6.07, 6.45) is 2.11. The van der Waals surface area contributed by atoms with Crippen LogP contribution in [0.2, 0.25) is 0 Å². The first-order valence-electron chi connectivity index (χ1n) is 8.32. The molecule has 0 spiro atoms. The van der Waals surface area contributed by atoms with Crippen molar-refractivity contribution in [1.29, 1.82) is 0 Å². The Hall–Kier alpha value is -2.33. The molecule has 128 valence electrons. The largest absolute Gasteiger partial charge is 0.481 e. The standard InChI is InChI=1S/C20H24O4/c1-2-3-13-22-14-15-23-20(21)16-24-19-12-8-7-11-18(19)17-9-5-4-6-10-17/h4-12H,2-3,13-16H2,1H3. The van der Waals surface area contributed by atoms with Crippen LogP contribution in [0.1, 0.15) is 19.8 Å². The molecule has 0 saturated carbocycles. The van der Waals surface area contributed by atoms with Crippen LogP contribution in [-0.4, -0.2) is 32.4 Å². The summed E-state index contributed by atoms with van der Waals surface area (Å²) in [6.45, 7) is 3.38. The zero-order valence-electron chi connectivity index (χ0n) is 14.1. The van der Waals surface area contributed by atoms with Gasteiger partial charge in [0.1, 0.15) is 12.4 Å². The maximum Gasteiger partial charge on any atom is 0.344 e. The molecule has 0 aliphatic carbocycles. The van der Waals surface area contributed by atoms with E-state index < -0.39 is 5.97 Å². The van der Waals surface area contributed by atoms with Crippen LogP contribution in [0.25, 0.3) is 11.1 Å². The van der Waals surface area contributed by atoms with E-state index in [0.29, 0.717) is 19.0 Å². The van der Waals surface area contributed by atoms with E-state index >= 15 is 0 Å². The molecule has 0 heterocycles. The topological polar surface area (TPSA) is 44.8 Å². The fourth-order valence-electron chi connectivity index (χ4n) is 2.19. The van der Waals surface area contributed by atoms with Crippen molar-refractivity contribution in [3.63, 3.8) is 0 Å². The molecule has 2 rings (SSSR count). The smallest absolute Gasteiger partial charge is 0.344 e. The van der Waals surface area contributed by atoms with Crippen LogP contribution < -0.4 is 4.74 Å². The van der Waals surface area contributed by atoms with Crippen LogP contribution in [0.15, 0.2) is 54.6 Å². The molecule has 0 radical (unpaired) electrons. The Morgan fingerprint density at radius 2 is 1.67 bits per heavy atom. The summed E-state index contributed by atoms with van der Waals surface area (Å²) in [5.74, 6) is 0.275. The highest BCUT2D eigenvalue weighted by Gasteiger charge is 2.09. The van der Waals surface area contributed by atoms with Crippen molar-refractivity contribution in [1.82, 2.24) is 0 Å². The molecular weight excluding hydrogens is 304 g/mol. The van der Waals surface area contributed by atoms with E-state index in [1.807, 2.05) is 54.6 Å². The molecule has 0 aliphatic heterocycles. The third kappa shape index (κ3) is 6.05. The normalized spacial score (nSPS) is 10.4. The van der Waals surface area contributed by atoms with Crippen LogP contribution >= 0.6 is 0 Å². The van der Waals surface area contributed by atoms with Gasteiger partial charge in [0.05, 0.1) is 6.61 Å². The van der Waals surface area contributed by atoms with Crippen molar-refractivity contribution in [3.8, 4) is 16.9 Å². The highest BCUT2D eigenvalue weighted by atomic mass is 16.6. The zero-order valence-corrected chi connectivity index (χ0v) is 14.1. The van der Waals surface area contributed by atoms with Gasteiger partial charge in [-0.1, -0.05) is 61.9 Å². The van der Waals surface area contributed by atoms with Crippen molar-refractivity contribution in [2.75, 3.05) is 26.4 Å². The minimum atomic E-state index is -0.392. The van der Waals surface area contributed by atoms with Gasteiger partial charge in [-0.2, -0.15) is 0 Å². The number of rotatable bonds is 10. The molecule has 4 nitrogen and oxygen atoms in total. The van der Waals surface area contributed by atoms with E-state index in [2.05, 4.69) is 6.92 Å². The summed E-state index contributed by atoms with van der Waals surface area (Å²) in [5.41, 5.74) is 2.00. The molecule has 0 atom stereocenters. The molecule has 24 heavy (non-hydrogen) atoms. The molecule has 0 aromatic heterocycles. The van der Waals surface area contributed by atoms with E-state index in [1.54, 1.807) is 0 Å². The van der Waals surface area contributed by atoms with Gasteiger partial charge in [0.2, 0.25) is 0 Å². The van der Waals surface area contributed by atoms with Crippen molar-refractivity contribution < 1.29 is 19.0 Å². The Kier molecular flexibility index (Phi) is 7.84. The number of para-hydroxylation sites is 1. The molecule has 0 fully saturated rings. The molecule has 0 N–H and O–H groups in total. The third-order valence-corrected chi connectivity index (χ3v) is 3.45. The van der Waals surface area contributed by atoms with E-state index in [4.69, 9.17) is 14.2 Å². The number of carbonyl (C=O) groups excluding carboxylic acids is 1. The minimum Gasteiger partial charge on any atom is -0.481 e. The monoisotopic (exact) mass is 328 g/mol. The number of unbranched alkanes of at least 4 members (excludes halogenated alkanes) is 1. The molecule has 0 amide bonds. The number of ether oxygens (including phenoxy) is 3. The molecule has 0 aliphatic rings. The molecule has 0 bridgehead atoms. The lowest BCUT2D eigenvalue weighted by Crippen LogP contribution is -2.18. The van der Waals surface area contributed by atoms with Crippen LogP contribution in [0.4, 0.5) is 0 Å². The average molecular weight is 328 g/mol. The summed E-state index contributed by atoms with van der Waals surface area (Å²) < 4.78 is 16.1. The number of carbonyl (C=O) groups is 1. The van der Waals surface area contributed by atoms with Gasteiger partial charge >= 0.3 is 5.97 Å². The molecule has 2 aromatic carbocycles. The lowest BCUT2D eigenvalue weighted by atomic mass is 10.1. The van der Waals surface area contributed by atoms with Gasteiger partial charge in [-0.25, -0.2) is 4.79 Å². The fraction of sp³-hybridized carbons (Fsp3) is 0.350. The second-order valence-corrected chi connectivity index (χ2v) is 5.34. The summed E-state index contributed by atoms with van der Waals surface area (Å²) in [6, 6.07) is 17.6. The molecule has 4 heteroatoms. The first-order valence-corrected chi connectivity index (χ1v) is 8.32. The predicted octanol–water partition coefficient (Wildman–Crippen LogP) is 4.09. The van der Waals surface area contributed by atoms with Crippen molar-refractivity contribution in [3.05, 3.63) is 54.6 Å². The molecule has 2 aromatic rings. The summed E-state index contributed by atoms with van der Waals surface area (Å²) in [4.78, 5) is 11.8. The van der Waals surface area contributed by atoms with Crippen LogP contribution in [0.3, 0.4) is 0 Å². The number of benzene rings is 2. The highest BCUT2D eigenvalue weighted by molar-refractivity contribution is 5.73.